The van der Waals surface area contributed by atoms with E-state index in [-0.39, 0.29) is 12.6 Å². The zero-order chi connectivity index (χ0) is 24.2. The minimum absolute atomic E-state index is 0.204. The van der Waals surface area contributed by atoms with E-state index in [0.29, 0.717) is 18.7 Å². The molecule has 21 heteroatoms. The number of fused-ring (bicyclic) bond motifs is 4. The van der Waals surface area contributed by atoms with E-state index in [1.54, 1.807) is 26.2 Å². The van der Waals surface area contributed by atoms with Gasteiger partial charge in [0.15, 0.2) is 9.04 Å². The van der Waals surface area contributed by atoms with Crippen LogP contribution in [0.1, 0.15) is 13.3 Å². The van der Waals surface area contributed by atoms with Gasteiger partial charge in [-0.15, -0.1) is 0 Å². The third kappa shape index (κ3) is 6.37. The number of esters is 1. The zero-order valence-electron chi connectivity index (χ0n) is 19.9. The van der Waals surface area contributed by atoms with Crippen LogP contribution in [0.5, 0.6) is 0 Å². The summed E-state index contributed by atoms with van der Waals surface area (Å²) in [7, 11) is -24.0. The lowest BCUT2D eigenvalue weighted by Gasteiger charge is -2.53. The van der Waals surface area contributed by atoms with E-state index in [9.17, 15) is 4.79 Å². The molecule has 7 unspecified atom stereocenters. The van der Waals surface area contributed by atoms with Crippen molar-refractivity contribution in [1.82, 2.24) is 0 Å². The summed E-state index contributed by atoms with van der Waals surface area (Å²) in [6, 6.07) is 0.357. The van der Waals surface area contributed by atoms with Gasteiger partial charge in [-0.1, -0.05) is 0 Å². The molecule has 6 bridgehead atoms. The smallest absolute Gasteiger partial charge is 0.466 e. The molecule has 4 saturated heterocycles. The van der Waals surface area contributed by atoms with Crippen LogP contribution in [0.2, 0.25) is 45.3 Å². The van der Waals surface area contributed by atoms with Gasteiger partial charge in [0.05, 0.1) is 12.8 Å². The molecule has 0 aromatic heterocycles. The van der Waals surface area contributed by atoms with E-state index in [1.165, 1.54) is 6.92 Å². The minimum atomic E-state index is -3.50. The molecule has 0 radical (unpaired) electrons. The number of carbonyl (C=O) groups is 1. The largest absolute Gasteiger partial charge is 0.482 e. The van der Waals surface area contributed by atoms with Gasteiger partial charge >= 0.3 is 58.8 Å². The van der Waals surface area contributed by atoms with E-state index in [4.69, 9.17) is 50.3 Å². The molecule has 0 aromatic carbocycles. The molecule has 13 nitrogen and oxygen atoms in total. The summed E-state index contributed by atoms with van der Waals surface area (Å²) in [5, 5.41) is 0. The van der Waals surface area contributed by atoms with E-state index < -0.39 is 71.9 Å². The topological polar surface area (TPSA) is 128 Å². The van der Waals surface area contributed by atoms with Crippen LogP contribution in [0, 0.1) is 0 Å². The predicted octanol–water partition coefficient (Wildman–Crippen LogP) is -0.149. The number of carbonyl (C=O) groups excluding carboxylic acids is 1. The first-order valence-corrected chi connectivity index (χ1v) is 27.5. The Balaban J connectivity index is 1.77. The highest BCUT2D eigenvalue weighted by atomic mass is 28.6. The number of ether oxygens (including phenoxy) is 1. The van der Waals surface area contributed by atoms with Gasteiger partial charge in [-0.25, -0.2) is 0 Å². The van der Waals surface area contributed by atoms with Crippen LogP contribution >= 0.6 is 0 Å². The van der Waals surface area contributed by atoms with Gasteiger partial charge in [0.1, 0.15) is 0 Å². The average Bonchev–Trinajstić information content (AvgIpc) is 2.62. The Labute approximate surface area is 204 Å². The summed E-state index contributed by atoms with van der Waals surface area (Å²) in [5.74, 6) is -0.355. The van der Waals surface area contributed by atoms with Gasteiger partial charge in [-0.05, 0) is 13.0 Å². The Morgan fingerprint density at radius 1 is 0.848 bits per heavy atom. The minimum Gasteiger partial charge on any atom is -0.466 e. The predicted molar refractivity (Wildman–Crippen MR) is 128 cm³/mol. The number of rotatable bonds is 4. The molecule has 4 aliphatic heterocycles. The van der Waals surface area contributed by atoms with Gasteiger partial charge in [-0.2, -0.15) is 0 Å². The molecule has 0 aromatic rings. The number of hydrogen-bond acceptors (Lipinski definition) is 13. The van der Waals surface area contributed by atoms with Crippen molar-refractivity contribution in [1.29, 1.82) is 0 Å². The number of hydrogen-bond donors (Lipinski definition) is 0. The summed E-state index contributed by atoms with van der Waals surface area (Å²) in [4.78, 5) is 11.2. The second-order valence-electron chi connectivity index (χ2n) is 8.80. The first kappa shape index (κ1) is 26.8. The van der Waals surface area contributed by atoms with Crippen LogP contribution < -0.4 is 0 Å². The fourth-order valence-electron chi connectivity index (χ4n) is 4.26. The maximum atomic E-state index is 11.2. The Kier molecular flexibility index (Phi) is 7.52. The van der Waals surface area contributed by atoms with Crippen LogP contribution in [0.25, 0.3) is 0 Å². The first-order chi connectivity index (χ1) is 15.2. The molecule has 0 spiro atoms. The van der Waals surface area contributed by atoms with Crippen molar-refractivity contribution in [2.45, 2.75) is 58.7 Å². The fraction of sp³-hybridized carbons (Fsp3) is 0.917. The van der Waals surface area contributed by atoms with Crippen LogP contribution in [0.4, 0.5) is 0 Å². The summed E-state index contributed by atoms with van der Waals surface area (Å²) in [6.07, 6.45) is 0.803. The summed E-state index contributed by atoms with van der Waals surface area (Å²) >= 11 is 0. The molecule has 4 fully saturated rings. The molecule has 7 atom stereocenters. The molecule has 0 saturated carbocycles. The third-order valence-corrected chi connectivity index (χ3v) is 36.1. The highest BCUT2D eigenvalue weighted by molar-refractivity contribution is 6.96. The van der Waals surface area contributed by atoms with Crippen molar-refractivity contribution in [3.8, 4) is 0 Å². The normalized spacial score (nSPS) is 50.9. The zero-order valence-corrected chi connectivity index (χ0v) is 28.5. The fourth-order valence-corrected chi connectivity index (χ4v) is 42.1. The van der Waals surface area contributed by atoms with Gasteiger partial charge < -0.3 is 50.3 Å². The highest BCUT2D eigenvalue weighted by Gasteiger charge is 2.71. The monoisotopic (exact) mass is 608 g/mol. The van der Waals surface area contributed by atoms with Crippen LogP contribution in [0.3, 0.4) is 0 Å². The van der Waals surface area contributed by atoms with E-state index >= 15 is 0 Å². The van der Waals surface area contributed by atoms with Crippen molar-refractivity contribution < 1.29 is 55.1 Å². The van der Waals surface area contributed by atoms with Crippen LogP contribution in [-0.2, 0) is 55.1 Å². The van der Waals surface area contributed by atoms with Gasteiger partial charge in [0.25, 0.3) is 10.0 Å². The third-order valence-electron chi connectivity index (χ3n) is 5.06. The van der Waals surface area contributed by atoms with Crippen molar-refractivity contribution in [3.63, 3.8) is 0 Å². The molecule has 4 rings (SSSR count). The lowest BCUT2D eigenvalue weighted by molar-refractivity contribution is -0.141. The molecule has 0 N–H and O–H groups in total. The summed E-state index contributed by atoms with van der Waals surface area (Å²) in [5.41, 5.74) is 0. The Hall–Kier alpha value is 0.765. The second-order valence-corrected chi connectivity index (χ2v) is 30.7. The maximum absolute atomic E-state index is 11.2. The summed E-state index contributed by atoms with van der Waals surface area (Å²) < 4.78 is 76.0. The molecule has 0 amide bonds. The van der Waals surface area contributed by atoms with Crippen LogP contribution in [0.15, 0.2) is 0 Å². The summed E-state index contributed by atoms with van der Waals surface area (Å²) in [6.45, 7) is 12.5. The molecular weight excluding hydrogens is 577 g/mol. The SMILES string of the molecule is CC(=O)OCCC[Si]12O[SiH2]O[Si]3(C)O[Si]4(C)O[SiH](C)CO[Si](C)(O[Si](C)(O4)O[Si](C)(O3)O1)O2. The molecule has 33 heavy (non-hydrogen) atoms. The quantitative estimate of drug-likeness (QED) is 0.239. The molecule has 0 aliphatic carbocycles. The average molecular weight is 609 g/mol. The first-order valence-electron chi connectivity index (χ1n) is 10.8. The van der Waals surface area contributed by atoms with Crippen molar-refractivity contribution >= 4 is 77.8 Å². The molecule has 4 aliphatic rings. The maximum Gasteiger partial charge on any atom is 0.482 e. The highest BCUT2D eigenvalue weighted by Crippen LogP contribution is 2.41. The second kappa shape index (κ2) is 9.26. The van der Waals surface area contributed by atoms with Crippen LogP contribution in [-0.4, -0.2) is 90.7 Å². The molecular formula is C12H32O13Si8. The molecule has 190 valence electrons. The lowest BCUT2D eigenvalue weighted by Crippen LogP contribution is -2.78. The van der Waals surface area contributed by atoms with Gasteiger partial charge in [-0.3, -0.25) is 4.79 Å². The Morgan fingerprint density at radius 3 is 2.15 bits per heavy atom. The van der Waals surface area contributed by atoms with E-state index in [2.05, 4.69) is 0 Å². The van der Waals surface area contributed by atoms with E-state index in [1.807, 2.05) is 13.1 Å². The van der Waals surface area contributed by atoms with Crippen molar-refractivity contribution in [2.75, 3.05) is 12.8 Å². The van der Waals surface area contributed by atoms with Gasteiger partial charge in [0, 0.05) is 45.7 Å². The lowest BCUT2D eigenvalue weighted by atomic mass is 10.5. The van der Waals surface area contributed by atoms with Gasteiger partial charge in [0.2, 0.25) is 0 Å². The van der Waals surface area contributed by atoms with Crippen molar-refractivity contribution in [2.24, 2.45) is 0 Å². The Bertz CT molecular complexity index is 786. The standard InChI is InChI=1S/C12H32O13Si8/c1-12(13)14-9-8-10-33-17-26-16-29(4)20-30(5)18-27(2)11-15-28(3,24-33)19-31(6,22-30)23-32(7,21-29)25-33/h27H,8-11,26H2,1-7H3. The van der Waals surface area contributed by atoms with E-state index in [0.717, 1.165) is 0 Å². The van der Waals surface area contributed by atoms with Crippen molar-refractivity contribution in [3.05, 3.63) is 0 Å². The Morgan fingerprint density at radius 2 is 1.42 bits per heavy atom. The molecule has 4 heterocycles.